The van der Waals surface area contributed by atoms with Crippen molar-refractivity contribution >= 4 is 23.2 Å². The average Bonchev–Trinajstić information content (AvgIpc) is 3.56. The molecule has 0 spiro atoms. The number of amides is 2. The SMILES string of the molecule is CN1NC(C(=O)NCc2cc(C(F)(F)F)ccn2)=CN1CC(F)CCc1nnc(C(=O)NCc2ccccn2)s1. The van der Waals surface area contributed by atoms with Crippen LogP contribution in [0.1, 0.15) is 38.2 Å². The predicted octanol–water partition coefficient (Wildman–Crippen LogP) is 2.37. The summed E-state index contributed by atoms with van der Waals surface area (Å²) in [7, 11) is 1.58. The summed E-state index contributed by atoms with van der Waals surface area (Å²) in [5, 5.41) is 16.6. The number of aromatic nitrogens is 4. The minimum Gasteiger partial charge on any atom is -0.345 e. The molecule has 0 bridgehead atoms. The molecule has 4 rings (SSSR count). The van der Waals surface area contributed by atoms with Crippen molar-refractivity contribution in [3.63, 3.8) is 0 Å². The summed E-state index contributed by atoms with van der Waals surface area (Å²) in [6, 6.07) is 7.07. The van der Waals surface area contributed by atoms with E-state index in [1.165, 1.54) is 16.3 Å². The van der Waals surface area contributed by atoms with Gasteiger partial charge >= 0.3 is 6.18 Å². The van der Waals surface area contributed by atoms with E-state index >= 15 is 0 Å². The van der Waals surface area contributed by atoms with Crippen LogP contribution >= 0.6 is 11.3 Å². The van der Waals surface area contributed by atoms with Crippen molar-refractivity contribution in [3.8, 4) is 0 Å². The van der Waals surface area contributed by atoms with Crippen LogP contribution in [0, 0.1) is 0 Å². The fraction of sp³-hybridized carbons (Fsp3) is 0.333. The van der Waals surface area contributed by atoms with Gasteiger partial charge in [-0.1, -0.05) is 17.4 Å². The molecule has 0 fully saturated rings. The molecule has 16 heteroatoms. The van der Waals surface area contributed by atoms with Crippen molar-refractivity contribution in [1.82, 2.24) is 46.4 Å². The third kappa shape index (κ3) is 7.92. The lowest BCUT2D eigenvalue weighted by atomic mass is 10.2. The van der Waals surface area contributed by atoms with Gasteiger partial charge in [-0.15, -0.1) is 15.3 Å². The molecule has 3 aromatic heterocycles. The topological polar surface area (TPSA) is 128 Å². The Morgan fingerprint density at radius 3 is 2.55 bits per heavy atom. The molecule has 1 atom stereocenters. The van der Waals surface area contributed by atoms with Crippen LogP contribution in [-0.4, -0.2) is 61.9 Å². The Labute approximate surface area is 230 Å². The lowest BCUT2D eigenvalue weighted by molar-refractivity contribution is -0.137. The Kier molecular flexibility index (Phi) is 9.21. The highest BCUT2D eigenvalue weighted by atomic mass is 32.1. The number of hydrazine groups is 2. The zero-order chi connectivity index (χ0) is 28.7. The van der Waals surface area contributed by atoms with E-state index in [9.17, 15) is 27.2 Å². The van der Waals surface area contributed by atoms with E-state index in [1.807, 2.05) is 6.07 Å². The molecule has 0 saturated heterocycles. The van der Waals surface area contributed by atoms with Crippen molar-refractivity contribution in [3.05, 3.63) is 81.6 Å². The van der Waals surface area contributed by atoms with E-state index in [0.717, 1.165) is 29.7 Å². The van der Waals surface area contributed by atoms with Gasteiger partial charge in [-0.05, 0) is 30.7 Å². The van der Waals surface area contributed by atoms with Gasteiger partial charge in [0.1, 0.15) is 16.9 Å². The molecule has 0 saturated carbocycles. The largest absolute Gasteiger partial charge is 0.416 e. The number of hydrogen-bond donors (Lipinski definition) is 3. The second-order valence-electron chi connectivity index (χ2n) is 8.66. The van der Waals surface area contributed by atoms with E-state index in [-0.39, 0.29) is 48.9 Å². The van der Waals surface area contributed by atoms with Crippen LogP contribution in [0.3, 0.4) is 0 Å². The molecule has 4 heterocycles. The smallest absolute Gasteiger partial charge is 0.345 e. The lowest BCUT2D eigenvalue weighted by Crippen LogP contribution is -2.43. The highest BCUT2D eigenvalue weighted by Gasteiger charge is 2.31. The number of carbonyl (C=O) groups excluding carboxylic acids is 2. The number of alkyl halides is 4. The highest BCUT2D eigenvalue weighted by molar-refractivity contribution is 7.13. The maximum atomic E-state index is 14.8. The molecule has 1 aliphatic heterocycles. The number of aryl methyl sites for hydroxylation is 1. The Morgan fingerprint density at radius 1 is 1.05 bits per heavy atom. The van der Waals surface area contributed by atoms with E-state index in [0.29, 0.717) is 10.7 Å². The van der Waals surface area contributed by atoms with Crippen LogP contribution in [-0.2, 0) is 30.5 Å². The number of carbonyl (C=O) groups is 2. The normalized spacial score (nSPS) is 14.4. The van der Waals surface area contributed by atoms with Crippen LogP contribution in [0.25, 0.3) is 0 Å². The quantitative estimate of drug-likeness (QED) is 0.294. The first-order valence-electron chi connectivity index (χ1n) is 12.0. The molecule has 212 valence electrons. The molecular formula is C24H25F4N9O2S. The summed E-state index contributed by atoms with van der Waals surface area (Å²) in [4.78, 5) is 32.7. The fourth-order valence-electron chi connectivity index (χ4n) is 3.57. The van der Waals surface area contributed by atoms with Gasteiger partial charge in [0.25, 0.3) is 11.8 Å². The van der Waals surface area contributed by atoms with Crippen molar-refractivity contribution in [1.29, 1.82) is 0 Å². The number of halogens is 4. The molecule has 0 radical (unpaired) electrons. The third-order valence-electron chi connectivity index (χ3n) is 5.64. The Bertz CT molecular complexity index is 1350. The summed E-state index contributed by atoms with van der Waals surface area (Å²) < 4.78 is 53.4. The first-order valence-corrected chi connectivity index (χ1v) is 12.8. The Balaban J connectivity index is 1.22. The molecule has 0 aliphatic carbocycles. The minimum absolute atomic E-state index is 0.0429. The molecule has 11 nitrogen and oxygen atoms in total. The number of hydrogen-bond acceptors (Lipinski definition) is 10. The molecule has 1 aliphatic rings. The fourth-order valence-corrected chi connectivity index (χ4v) is 4.35. The van der Waals surface area contributed by atoms with E-state index in [1.54, 1.807) is 25.4 Å². The van der Waals surface area contributed by atoms with Crippen LogP contribution in [0.4, 0.5) is 17.6 Å². The summed E-state index contributed by atoms with van der Waals surface area (Å²) in [6.45, 7) is -0.0535. The second-order valence-corrected chi connectivity index (χ2v) is 9.72. The van der Waals surface area contributed by atoms with Gasteiger partial charge in [0.15, 0.2) is 0 Å². The third-order valence-corrected chi connectivity index (χ3v) is 6.62. The monoisotopic (exact) mass is 579 g/mol. The maximum Gasteiger partial charge on any atom is 0.416 e. The van der Waals surface area contributed by atoms with Crippen molar-refractivity contribution < 1.29 is 27.2 Å². The van der Waals surface area contributed by atoms with Gasteiger partial charge in [-0.2, -0.15) is 13.2 Å². The standard InChI is InChI=1S/C24H25F4N9O2S/c1-36-35-19(21(38)31-12-18-10-15(7-9-30-18)24(26,27)28)14-37(36)13-16(25)5-6-20-33-34-23(40-20)22(39)32-11-17-4-2-3-8-29-17/h2-4,7-10,14,16,35H,5-6,11-13H2,1H3,(H,31,38)(H,32,39). The average molecular weight is 580 g/mol. The van der Waals surface area contributed by atoms with Gasteiger partial charge in [-0.3, -0.25) is 30.0 Å². The molecule has 0 aromatic carbocycles. The maximum absolute atomic E-state index is 14.8. The first kappa shape index (κ1) is 28.8. The van der Waals surface area contributed by atoms with Gasteiger partial charge in [0.05, 0.1) is 36.6 Å². The Morgan fingerprint density at radius 2 is 1.80 bits per heavy atom. The van der Waals surface area contributed by atoms with Crippen molar-refractivity contribution in [2.24, 2.45) is 0 Å². The summed E-state index contributed by atoms with van der Waals surface area (Å²) >= 11 is 1.08. The molecular weight excluding hydrogens is 554 g/mol. The summed E-state index contributed by atoms with van der Waals surface area (Å²) in [5.74, 6) is -0.984. The van der Waals surface area contributed by atoms with E-state index in [4.69, 9.17) is 0 Å². The molecule has 2 amide bonds. The zero-order valence-electron chi connectivity index (χ0n) is 21.2. The Hall–Kier alpha value is -4.18. The second kappa shape index (κ2) is 12.8. The van der Waals surface area contributed by atoms with Crippen LogP contribution in [0.5, 0.6) is 0 Å². The zero-order valence-corrected chi connectivity index (χ0v) is 22.0. The van der Waals surface area contributed by atoms with Crippen LogP contribution in [0.2, 0.25) is 0 Å². The van der Waals surface area contributed by atoms with Crippen molar-refractivity contribution in [2.45, 2.75) is 38.3 Å². The van der Waals surface area contributed by atoms with Crippen molar-refractivity contribution in [2.75, 3.05) is 13.6 Å². The van der Waals surface area contributed by atoms with Gasteiger partial charge in [0.2, 0.25) is 5.01 Å². The van der Waals surface area contributed by atoms with Crippen LogP contribution in [0.15, 0.2) is 54.6 Å². The molecule has 1 unspecified atom stereocenters. The number of rotatable bonds is 11. The summed E-state index contributed by atoms with van der Waals surface area (Å²) in [6.07, 6.45) is -1.41. The number of nitrogens with one attached hydrogen (secondary N) is 3. The lowest BCUT2D eigenvalue weighted by Gasteiger charge is -2.25. The molecule has 3 N–H and O–H groups in total. The molecule has 40 heavy (non-hydrogen) atoms. The minimum atomic E-state index is -4.52. The van der Waals surface area contributed by atoms with Gasteiger partial charge in [0, 0.05) is 32.1 Å². The van der Waals surface area contributed by atoms with Gasteiger partial charge in [-0.25, -0.2) is 4.39 Å². The highest BCUT2D eigenvalue weighted by Crippen LogP contribution is 2.29. The predicted molar refractivity (Wildman–Crippen MR) is 135 cm³/mol. The first-order chi connectivity index (χ1) is 19.1. The van der Waals surface area contributed by atoms with E-state index in [2.05, 4.69) is 36.2 Å². The number of pyridine rings is 2. The van der Waals surface area contributed by atoms with E-state index < -0.39 is 29.7 Å². The van der Waals surface area contributed by atoms with Crippen LogP contribution < -0.4 is 16.1 Å². The summed E-state index contributed by atoms with van der Waals surface area (Å²) in [5.41, 5.74) is 2.74. The number of nitrogens with zero attached hydrogens (tertiary/aromatic N) is 6. The molecule has 3 aromatic rings. The van der Waals surface area contributed by atoms with Gasteiger partial charge < -0.3 is 10.6 Å².